The molecule has 0 atom stereocenters. The molecular weight excluding hydrogens is 607 g/mol. The van der Waals surface area contributed by atoms with Crippen LogP contribution in [-0.2, 0) is 17.8 Å². The maximum absolute atomic E-state index is 11.8. The zero-order chi connectivity index (χ0) is 31.4. The van der Waals surface area contributed by atoms with Crippen molar-refractivity contribution in [2.75, 3.05) is 18.1 Å². The quantitative estimate of drug-likeness (QED) is 0.195. The number of carboxylic acids is 1. The number of rotatable bonds is 7. The molecule has 0 saturated carbocycles. The number of anilines is 2. The number of halogens is 2. The van der Waals surface area contributed by atoms with Crippen LogP contribution in [0.25, 0.3) is 21.8 Å². The number of esters is 1. The summed E-state index contributed by atoms with van der Waals surface area (Å²) in [5, 5.41) is 20.1. The van der Waals surface area contributed by atoms with E-state index in [-0.39, 0.29) is 22.8 Å². The first-order valence-electron chi connectivity index (χ1n) is 13.2. The van der Waals surface area contributed by atoms with Gasteiger partial charge in [0, 0.05) is 35.6 Å². The van der Waals surface area contributed by atoms with Crippen molar-refractivity contribution in [3.63, 3.8) is 0 Å². The minimum absolute atomic E-state index is 0.000463. The molecule has 0 unspecified atom stereocenters. The number of nitrogens with two attached hydrogens (primary N) is 2. The fourth-order valence-corrected chi connectivity index (χ4v) is 4.78. The summed E-state index contributed by atoms with van der Waals surface area (Å²) in [5.41, 5.74) is 15.3. The van der Waals surface area contributed by atoms with Crippen LogP contribution < -0.4 is 11.5 Å². The minimum atomic E-state index is -1.09. The summed E-state index contributed by atoms with van der Waals surface area (Å²) in [7, 11) is 0. The molecule has 2 aromatic carbocycles. The molecule has 0 saturated heterocycles. The third-order valence-corrected chi connectivity index (χ3v) is 6.83. The highest BCUT2D eigenvalue weighted by atomic mass is 35.5. The van der Waals surface area contributed by atoms with Gasteiger partial charge in [0.25, 0.3) is 0 Å². The van der Waals surface area contributed by atoms with E-state index < -0.39 is 11.9 Å². The fourth-order valence-electron chi connectivity index (χ4n) is 4.44. The van der Waals surface area contributed by atoms with Crippen molar-refractivity contribution in [1.29, 1.82) is 0 Å². The van der Waals surface area contributed by atoms with E-state index in [1.165, 1.54) is 10.9 Å². The third kappa shape index (κ3) is 7.05. The lowest BCUT2D eigenvalue weighted by atomic mass is 10.1. The molecule has 0 fully saturated rings. The van der Waals surface area contributed by atoms with Crippen molar-refractivity contribution in [1.82, 2.24) is 29.5 Å². The Balaban J connectivity index is 0.000000175. The van der Waals surface area contributed by atoms with Gasteiger partial charge in [-0.05, 0) is 54.4 Å². The van der Waals surface area contributed by atoms with Crippen LogP contribution in [0.15, 0.2) is 73.3 Å². The first kappa shape index (κ1) is 30.3. The molecular formula is C30H26Cl2N8O4. The zero-order valence-corrected chi connectivity index (χ0v) is 24.8. The van der Waals surface area contributed by atoms with E-state index in [1.54, 1.807) is 30.2 Å². The summed E-state index contributed by atoms with van der Waals surface area (Å²) < 4.78 is 8.06. The zero-order valence-electron chi connectivity index (χ0n) is 23.3. The van der Waals surface area contributed by atoms with Crippen LogP contribution >= 0.6 is 23.2 Å². The molecule has 0 aliphatic rings. The maximum atomic E-state index is 11.8. The molecule has 0 radical (unpaired) electrons. The van der Waals surface area contributed by atoms with E-state index in [4.69, 9.17) is 44.5 Å². The predicted molar refractivity (Wildman–Crippen MR) is 168 cm³/mol. The average molecular weight is 633 g/mol. The number of aromatic nitrogens is 6. The van der Waals surface area contributed by atoms with Gasteiger partial charge in [-0.1, -0.05) is 35.3 Å². The number of hydrogen-bond acceptors (Lipinski definition) is 9. The molecule has 0 bridgehead atoms. The van der Waals surface area contributed by atoms with Gasteiger partial charge in [0.1, 0.15) is 11.1 Å². The van der Waals surface area contributed by atoms with E-state index in [1.807, 2.05) is 48.5 Å². The van der Waals surface area contributed by atoms with Crippen LogP contribution in [0.2, 0.25) is 10.0 Å². The summed E-state index contributed by atoms with van der Waals surface area (Å²) in [6.07, 6.45) is 6.21. The summed E-state index contributed by atoms with van der Waals surface area (Å²) >= 11 is 11.9. The molecule has 0 spiro atoms. The number of pyridine rings is 2. The predicted octanol–water partition coefficient (Wildman–Crippen LogP) is 5.31. The van der Waals surface area contributed by atoms with E-state index in [0.29, 0.717) is 29.7 Å². The van der Waals surface area contributed by atoms with Gasteiger partial charge in [-0.2, -0.15) is 10.2 Å². The number of carbonyl (C=O) groups excluding carboxylic acids is 1. The van der Waals surface area contributed by atoms with Gasteiger partial charge in [0.2, 0.25) is 0 Å². The summed E-state index contributed by atoms with van der Waals surface area (Å²) in [4.78, 5) is 31.2. The molecule has 0 amide bonds. The molecule has 14 heteroatoms. The SMILES string of the molecule is CCOC(=O)c1cn(Cc2ccc3ncc(Cl)cc3c2)nc1N.Nc1nn(Cc2ccc3ncc(Cl)cc3c2)cc1C(=O)O. The first-order chi connectivity index (χ1) is 21.1. The molecule has 4 aromatic heterocycles. The molecule has 224 valence electrons. The Hall–Kier alpha value is -5.20. The standard InChI is InChI=1S/C16H15ClN4O2.C14H11ClN4O2/c1-2-23-16(22)13-9-21(20-15(13)18)8-10-3-4-14-11(5-10)6-12(17)7-19-14;15-10-4-9-3-8(1-2-12(9)17-5-10)6-19-7-11(14(20)21)13(16)18-19/h3-7,9H,2,8H2,1H3,(H2,18,20);1-5,7H,6H2,(H2,16,18)(H,20,21). The van der Waals surface area contributed by atoms with Crippen molar-refractivity contribution in [2.45, 2.75) is 20.0 Å². The minimum Gasteiger partial charge on any atom is -0.477 e. The number of aromatic carboxylic acids is 1. The Kier molecular flexibility index (Phi) is 8.93. The molecule has 4 heterocycles. The Labute approximate surface area is 260 Å². The maximum Gasteiger partial charge on any atom is 0.343 e. The Bertz CT molecular complexity index is 2010. The molecule has 0 aliphatic heterocycles. The smallest absolute Gasteiger partial charge is 0.343 e. The normalized spacial score (nSPS) is 10.9. The van der Waals surface area contributed by atoms with E-state index in [9.17, 15) is 9.59 Å². The molecule has 6 aromatic rings. The van der Waals surface area contributed by atoms with Crippen LogP contribution in [-0.4, -0.2) is 53.2 Å². The van der Waals surface area contributed by atoms with Crippen molar-refractivity contribution in [3.8, 4) is 0 Å². The lowest BCUT2D eigenvalue weighted by Crippen LogP contribution is -2.06. The number of hydrogen-bond donors (Lipinski definition) is 3. The van der Waals surface area contributed by atoms with Gasteiger partial charge >= 0.3 is 11.9 Å². The number of carboxylic acid groups (broad SMARTS) is 1. The molecule has 6 rings (SSSR count). The molecule has 0 aliphatic carbocycles. The van der Waals surface area contributed by atoms with Gasteiger partial charge in [-0.3, -0.25) is 19.3 Å². The van der Waals surface area contributed by atoms with Gasteiger partial charge in [0.15, 0.2) is 11.6 Å². The Morgan fingerprint density at radius 3 is 1.73 bits per heavy atom. The van der Waals surface area contributed by atoms with Crippen LogP contribution in [0.4, 0.5) is 11.6 Å². The van der Waals surface area contributed by atoms with Crippen LogP contribution in [0, 0.1) is 0 Å². The van der Waals surface area contributed by atoms with Gasteiger partial charge in [-0.15, -0.1) is 0 Å². The largest absolute Gasteiger partial charge is 0.477 e. The fraction of sp³-hybridized carbons (Fsp3) is 0.133. The van der Waals surface area contributed by atoms with Crippen molar-refractivity contribution < 1.29 is 19.4 Å². The van der Waals surface area contributed by atoms with Crippen LogP contribution in [0.3, 0.4) is 0 Å². The van der Waals surface area contributed by atoms with Crippen molar-refractivity contribution in [2.24, 2.45) is 0 Å². The second-order valence-corrected chi connectivity index (χ2v) is 10.5. The lowest BCUT2D eigenvalue weighted by Gasteiger charge is -2.04. The van der Waals surface area contributed by atoms with Crippen LogP contribution in [0.5, 0.6) is 0 Å². The molecule has 5 N–H and O–H groups in total. The second-order valence-electron chi connectivity index (χ2n) is 9.64. The molecule has 44 heavy (non-hydrogen) atoms. The highest BCUT2D eigenvalue weighted by Gasteiger charge is 2.16. The third-order valence-electron chi connectivity index (χ3n) is 6.42. The Morgan fingerprint density at radius 2 is 1.27 bits per heavy atom. The Morgan fingerprint density at radius 1 is 0.795 bits per heavy atom. The monoisotopic (exact) mass is 632 g/mol. The summed E-state index contributed by atoms with van der Waals surface area (Å²) in [6.45, 7) is 2.93. The topological polar surface area (TPSA) is 177 Å². The lowest BCUT2D eigenvalue weighted by molar-refractivity contribution is 0.0527. The van der Waals surface area contributed by atoms with Crippen molar-refractivity contribution >= 4 is 68.6 Å². The first-order valence-corrected chi connectivity index (χ1v) is 14.0. The van der Waals surface area contributed by atoms with Gasteiger partial charge in [0.05, 0.1) is 40.8 Å². The number of nitrogens with zero attached hydrogens (tertiary/aromatic N) is 6. The van der Waals surface area contributed by atoms with E-state index in [2.05, 4.69) is 20.2 Å². The molecule has 12 nitrogen and oxygen atoms in total. The van der Waals surface area contributed by atoms with Crippen LogP contribution in [0.1, 0.15) is 38.8 Å². The number of ether oxygens (including phenoxy) is 1. The highest BCUT2D eigenvalue weighted by Crippen LogP contribution is 2.21. The number of fused-ring (bicyclic) bond motifs is 2. The number of carbonyl (C=O) groups is 2. The average Bonchev–Trinajstić information content (AvgIpc) is 3.54. The van der Waals surface area contributed by atoms with E-state index in [0.717, 1.165) is 32.9 Å². The highest BCUT2D eigenvalue weighted by molar-refractivity contribution is 6.31. The summed E-state index contributed by atoms with van der Waals surface area (Å²) in [6, 6.07) is 15.3. The van der Waals surface area contributed by atoms with Crippen molar-refractivity contribution in [3.05, 3.63) is 106 Å². The summed E-state index contributed by atoms with van der Waals surface area (Å²) in [5.74, 6) is -1.39. The number of nitrogen functional groups attached to an aromatic ring is 2. The van der Waals surface area contributed by atoms with E-state index >= 15 is 0 Å². The van der Waals surface area contributed by atoms with Gasteiger partial charge in [-0.25, -0.2) is 9.59 Å². The van der Waals surface area contributed by atoms with Gasteiger partial charge < -0.3 is 21.3 Å². The second kappa shape index (κ2) is 13.0. The number of benzene rings is 2.